The summed E-state index contributed by atoms with van der Waals surface area (Å²) in [6, 6.07) is 16.1. The summed E-state index contributed by atoms with van der Waals surface area (Å²) in [5, 5.41) is 8.37. The molecule has 3 rings (SSSR count). The molecule has 0 aliphatic rings. The molecule has 3 aromatic rings. The number of amides is 1. The molecule has 1 heterocycles. The first-order valence-corrected chi connectivity index (χ1v) is 9.57. The first-order valence-electron chi connectivity index (χ1n) is 8.49. The van der Waals surface area contributed by atoms with E-state index in [2.05, 4.69) is 69.0 Å². The van der Waals surface area contributed by atoms with Gasteiger partial charge in [0.25, 0.3) is 5.91 Å². The summed E-state index contributed by atoms with van der Waals surface area (Å²) in [4.78, 5) is 12.0. The van der Waals surface area contributed by atoms with Crippen molar-refractivity contribution in [3.63, 3.8) is 0 Å². The molecule has 0 radical (unpaired) electrons. The molecule has 1 amide bonds. The number of rotatable bonds is 6. The molecule has 0 spiro atoms. The van der Waals surface area contributed by atoms with Gasteiger partial charge in [-0.15, -0.1) is 0 Å². The maximum Gasteiger partial charge on any atom is 0.259 e. The molecule has 0 unspecified atom stereocenters. The van der Waals surface area contributed by atoms with Gasteiger partial charge in [0.2, 0.25) is 0 Å². The number of hydrogen-bond acceptors (Lipinski definition) is 3. The fraction of sp³-hybridized carbons (Fsp3) is 0.200. The average molecular weight is 460 g/mol. The van der Waals surface area contributed by atoms with E-state index in [0.29, 0.717) is 0 Å². The number of nitrogens with one attached hydrogen (secondary N) is 2. The molecule has 0 aliphatic heterocycles. The van der Waals surface area contributed by atoms with Crippen molar-refractivity contribution in [3.8, 4) is 0 Å². The number of carbonyl (C=O) groups is 1. The van der Waals surface area contributed by atoms with Gasteiger partial charge in [-0.3, -0.25) is 4.79 Å². The molecule has 2 aromatic carbocycles. The molecule has 0 fully saturated rings. The monoisotopic (exact) mass is 460 g/mol. The van der Waals surface area contributed by atoms with Crippen molar-refractivity contribution in [1.82, 2.24) is 9.99 Å². The Kier molecular flexibility index (Phi) is 5.92. The minimum absolute atomic E-state index is 0.174. The van der Waals surface area contributed by atoms with Crippen LogP contribution in [0.4, 0.5) is 5.69 Å². The van der Waals surface area contributed by atoms with E-state index in [1.165, 1.54) is 5.52 Å². The van der Waals surface area contributed by atoms with E-state index in [1.54, 1.807) is 6.21 Å². The van der Waals surface area contributed by atoms with Crippen LogP contribution in [0.25, 0.3) is 10.9 Å². The van der Waals surface area contributed by atoms with E-state index >= 15 is 0 Å². The van der Waals surface area contributed by atoms with Crippen molar-refractivity contribution in [2.24, 2.45) is 5.10 Å². The first kappa shape index (κ1) is 18.4. The standard InChI is InChI=1S/C20H21IN4O/c1-3-25-14(2)18(17-6-4-5-7-19(17)25)12-23-24-20(26)13-22-16-10-8-15(21)9-11-16/h4-12,22H,3,13H2,1-2H3,(H,24,26)/b23-12-. The maximum absolute atomic E-state index is 12.0. The Bertz CT molecular complexity index is 944. The predicted molar refractivity (Wildman–Crippen MR) is 116 cm³/mol. The minimum Gasteiger partial charge on any atom is -0.376 e. The second-order valence-electron chi connectivity index (χ2n) is 5.91. The van der Waals surface area contributed by atoms with Crippen LogP contribution in [0.5, 0.6) is 0 Å². The van der Waals surface area contributed by atoms with E-state index in [0.717, 1.165) is 32.4 Å². The fourth-order valence-corrected chi connectivity index (χ4v) is 3.35. The molecule has 5 nitrogen and oxygen atoms in total. The Morgan fingerprint density at radius 3 is 2.65 bits per heavy atom. The summed E-state index contributed by atoms with van der Waals surface area (Å²) in [5.41, 5.74) is 6.86. The van der Waals surface area contributed by atoms with Crippen LogP contribution in [0.1, 0.15) is 18.2 Å². The average Bonchev–Trinajstić information content (AvgIpc) is 2.92. The number of benzene rings is 2. The van der Waals surface area contributed by atoms with Crippen molar-refractivity contribution in [2.75, 3.05) is 11.9 Å². The number of fused-ring (bicyclic) bond motifs is 1. The van der Waals surface area contributed by atoms with E-state index in [1.807, 2.05) is 36.4 Å². The highest BCUT2D eigenvalue weighted by Crippen LogP contribution is 2.24. The topological polar surface area (TPSA) is 58.4 Å². The van der Waals surface area contributed by atoms with Crippen LogP contribution in [0.3, 0.4) is 0 Å². The van der Waals surface area contributed by atoms with Crippen molar-refractivity contribution in [2.45, 2.75) is 20.4 Å². The molecule has 26 heavy (non-hydrogen) atoms. The third-order valence-electron chi connectivity index (χ3n) is 4.28. The number of aryl methyl sites for hydroxylation is 1. The lowest BCUT2D eigenvalue weighted by atomic mass is 10.1. The van der Waals surface area contributed by atoms with E-state index < -0.39 is 0 Å². The maximum atomic E-state index is 12.0. The van der Waals surface area contributed by atoms with Crippen LogP contribution in [-0.2, 0) is 11.3 Å². The number of hydrogen-bond donors (Lipinski definition) is 2. The Hall–Kier alpha value is -2.35. The highest BCUT2D eigenvalue weighted by atomic mass is 127. The Balaban J connectivity index is 1.65. The molecule has 0 atom stereocenters. The number of halogens is 1. The third kappa shape index (κ3) is 4.07. The number of para-hydroxylation sites is 1. The van der Waals surface area contributed by atoms with Crippen molar-refractivity contribution < 1.29 is 4.79 Å². The van der Waals surface area contributed by atoms with Gasteiger partial charge in [0.15, 0.2) is 0 Å². The van der Waals surface area contributed by atoms with Crippen LogP contribution in [0.2, 0.25) is 0 Å². The largest absolute Gasteiger partial charge is 0.376 e. The van der Waals surface area contributed by atoms with Crippen LogP contribution in [-0.4, -0.2) is 23.2 Å². The Labute approximate surface area is 166 Å². The van der Waals surface area contributed by atoms with E-state index in [-0.39, 0.29) is 12.5 Å². The molecular formula is C20H21IN4O. The first-order chi connectivity index (χ1) is 12.6. The molecule has 0 aliphatic carbocycles. The fourth-order valence-electron chi connectivity index (χ4n) is 2.99. The van der Waals surface area contributed by atoms with E-state index in [4.69, 9.17) is 0 Å². The highest BCUT2D eigenvalue weighted by Gasteiger charge is 2.10. The number of hydrazone groups is 1. The number of carbonyl (C=O) groups excluding carboxylic acids is 1. The molecule has 0 saturated heterocycles. The van der Waals surface area contributed by atoms with Gasteiger partial charge in [-0.1, -0.05) is 18.2 Å². The summed E-state index contributed by atoms with van der Waals surface area (Å²) in [6.45, 7) is 5.27. The summed E-state index contributed by atoms with van der Waals surface area (Å²) >= 11 is 2.25. The molecule has 2 N–H and O–H groups in total. The molecule has 134 valence electrons. The zero-order chi connectivity index (χ0) is 18.5. The van der Waals surface area contributed by atoms with Gasteiger partial charge >= 0.3 is 0 Å². The van der Waals surface area contributed by atoms with Crippen LogP contribution in [0.15, 0.2) is 53.6 Å². The van der Waals surface area contributed by atoms with Gasteiger partial charge in [-0.2, -0.15) is 5.10 Å². The van der Waals surface area contributed by atoms with Crippen LogP contribution >= 0.6 is 22.6 Å². The summed E-state index contributed by atoms with van der Waals surface area (Å²) in [5.74, 6) is -0.184. The lowest BCUT2D eigenvalue weighted by Crippen LogP contribution is -2.25. The molecular weight excluding hydrogens is 439 g/mol. The van der Waals surface area contributed by atoms with Crippen molar-refractivity contribution >= 4 is 51.3 Å². The van der Waals surface area contributed by atoms with Gasteiger partial charge < -0.3 is 9.88 Å². The van der Waals surface area contributed by atoms with E-state index in [9.17, 15) is 4.79 Å². The summed E-state index contributed by atoms with van der Waals surface area (Å²) in [7, 11) is 0. The SMILES string of the molecule is CCn1c(C)c(/C=N\NC(=O)CNc2ccc(I)cc2)c2ccccc21. The molecule has 0 saturated carbocycles. The highest BCUT2D eigenvalue weighted by molar-refractivity contribution is 14.1. The molecule has 0 bridgehead atoms. The second kappa shape index (κ2) is 8.35. The summed E-state index contributed by atoms with van der Waals surface area (Å²) < 4.78 is 3.40. The lowest BCUT2D eigenvalue weighted by Gasteiger charge is -2.05. The normalized spacial score (nSPS) is 11.2. The van der Waals surface area contributed by atoms with Gasteiger partial charge in [0.05, 0.1) is 12.8 Å². The number of nitrogens with zero attached hydrogens (tertiary/aromatic N) is 2. The zero-order valence-corrected chi connectivity index (χ0v) is 16.9. The number of aromatic nitrogens is 1. The number of anilines is 1. The van der Waals surface area contributed by atoms with Crippen LogP contribution < -0.4 is 10.7 Å². The lowest BCUT2D eigenvalue weighted by molar-refractivity contribution is -0.119. The zero-order valence-electron chi connectivity index (χ0n) is 14.8. The van der Waals surface area contributed by atoms with Crippen LogP contribution in [0, 0.1) is 10.5 Å². The van der Waals surface area contributed by atoms with Crippen molar-refractivity contribution in [1.29, 1.82) is 0 Å². The third-order valence-corrected chi connectivity index (χ3v) is 5.00. The quantitative estimate of drug-likeness (QED) is 0.330. The predicted octanol–water partition coefficient (Wildman–Crippen LogP) is 4.14. The minimum atomic E-state index is -0.184. The smallest absolute Gasteiger partial charge is 0.259 e. The Morgan fingerprint density at radius 2 is 1.92 bits per heavy atom. The van der Waals surface area contributed by atoms with Crippen molar-refractivity contribution in [3.05, 3.63) is 63.4 Å². The molecule has 1 aromatic heterocycles. The van der Waals surface area contributed by atoms with Gasteiger partial charge in [0.1, 0.15) is 0 Å². The van der Waals surface area contributed by atoms with Gasteiger partial charge in [-0.25, -0.2) is 5.43 Å². The summed E-state index contributed by atoms with van der Waals surface area (Å²) in [6.07, 6.45) is 1.73. The second-order valence-corrected chi connectivity index (χ2v) is 7.16. The Morgan fingerprint density at radius 1 is 1.19 bits per heavy atom. The van der Waals surface area contributed by atoms with Gasteiger partial charge in [0, 0.05) is 38.0 Å². The molecule has 6 heteroatoms. The van der Waals surface area contributed by atoms with Gasteiger partial charge in [-0.05, 0) is 66.8 Å².